The highest BCUT2D eigenvalue weighted by molar-refractivity contribution is 8.04. The Morgan fingerprint density at radius 2 is 2.38 bits per heavy atom. The molecule has 0 aromatic heterocycles. The molecule has 1 aromatic rings. The summed E-state index contributed by atoms with van der Waals surface area (Å²) in [5, 5.41) is 2.77. The predicted molar refractivity (Wildman–Crippen MR) is 64.2 cm³/mol. The summed E-state index contributed by atoms with van der Waals surface area (Å²) >= 11 is 1.55. The van der Waals surface area contributed by atoms with Gasteiger partial charge >= 0.3 is 0 Å². The molecule has 1 N–H and O–H groups in total. The Morgan fingerprint density at radius 1 is 1.44 bits per heavy atom. The second-order valence-electron chi connectivity index (χ2n) is 3.77. The minimum absolute atomic E-state index is 0.0294. The first-order valence-electron chi connectivity index (χ1n) is 5.21. The molecule has 0 atom stereocenters. The summed E-state index contributed by atoms with van der Waals surface area (Å²) in [6.07, 6.45) is 2.90. The van der Waals surface area contributed by atoms with E-state index in [-0.39, 0.29) is 5.91 Å². The van der Waals surface area contributed by atoms with Crippen molar-refractivity contribution in [1.82, 2.24) is 5.32 Å². The highest BCUT2D eigenvalue weighted by atomic mass is 32.2. The smallest absolute Gasteiger partial charge is 0.258 e. The van der Waals surface area contributed by atoms with Gasteiger partial charge in [-0.25, -0.2) is 0 Å². The van der Waals surface area contributed by atoms with Crippen molar-refractivity contribution in [3.63, 3.8) is 0 Å². The van der Waals surface area contributed by atoms with Crippen LogP contribution in [-0.2, 0) is 11.2 Å². The molecule has 0 spiro atoms. The van der Waals surface area contributed by atoms with Gasteiger partial charge in [-0.1, -0.05) is 17.8 Å². The van der Waals surface area contributed by atoms with Crippen LogP contribution in [0.4, 0.5) is 0 Å². The third kappa shape index (κ3) is 1.69. The topological polar surface area (TPSA) is 38.3 Å². The van der Waals surface area contributed by atoms with Crippen molar-refractivity contribution in [2.24, 2.45) is 0 Å². The Balaban J connectivity index is 1.93. The first-order chi connectivity index (χ1) is 7.83. The van der Waals surface area contributed by atoms with E-state index < -0.39 is 0 Å². The molecule has 1 aromatic carbocycles. The number of ether oxygens (including phenoxy) is 1. The van der Waals surface area contributed by atoms with Crippen molar-refractivity contribution < 1.29 is 9.53 Å². The van der Waals surface area contributed by atoms with Gasteiger partial charge in [-0.3, -0.25) is 4.79 Å². The predicted octanol–water partition coefficient (Wildman–Crippen LogP) is 1.78. The summed E-state index contributed by atoms with van der Waals surface area (Å²) < 4.78 is 5.44. The van der Waals surface area contributed by atoms with E-state index >= 15 is 0 Å². The number of thioether (sulfide) groups is 1. The maximum atomic E-state index is 11.4. The van der Waals surface area contributed by atoms with E-state index in [1.807, 2.05) is 18.2 Å². The van der Waals surface area contributed by atoms with Crippen LogP contribution in [0, 0.1) is 0 Å². The van der Waals surface area contributed by atoms with E-state index in [4.69, 9.17) is 4.74 Å². The molecule has 0 bridgehead atoms. The van der Waals surface area contributed by atoms with Crippen LogP contribution >= 0.6 is 11.8 Å². The monoisotopic (exact) mass is 233 g/mol. The quantitative estimate of drug-likeness (QED) is 0.751. The lowest BCUT2D eigenvalue weighted by atomic mass is 10.1. The zero-order valence-electron chi connectivity index (χ0n) is 8.66. The second kappa shape index (κ2) is 3.87. The number of hydrogen-bond acceptors (Lipinski definition) is 3. The average Bonchev–Trinajstić information content (AvgIpc) is 2.88. The minimum Gasteiger partial charge on any atom is -0.493 e. The van der Waals surface area contributed by atoms with Gasteiger partial charge in [0.05, 0.1) is 17.4 Å². The molecule has 1 saturated heterocycles. The van der Waals surface area contributed by atoms with E-state index in [0.717, 1.165) is 29.2 Å². The Labute approximate surface area is 97.9 Å². The summed E-state index contributed by atoms with van der Waals surface area (Å²) in [7, 11) is 0. The van der Waals surface area contributed by atoms with Crippen LogP contribution in [0.5, 0.6) is 5.75 Å². The van der Waals surface area contributed by atoms with Crippen LogP contribution in [0.2, 0.25) is 0 Å². The number of benzene rings is 1. The fourth-order valence-electron chi connectivity index (χ4n) is 1.89. The van der Waals surface area contributed by atoms with Gasteiger partial charge in [0.25, 0.3) is 5.91 Å². The number of nitrogens with one attached hydrogen (secondary N) is 1. The van der Waals surface area contributed by atoms with Crippen molar-refractivity contribution in [1.29, 1.82) is 0 Å². The average molecular weight is 233 g/mol. The number of rotatable bonds is 1. The highest BCUT2D eigenvalue weighted by Crippen LogP contribution is 2.29. The SMILES string of the molecule is O=C1NCSC1=Cc1ccc2c(c1)CCO2. The molecule has 0 unspecified atom stereocenters. The maximum absolute atomic E-state index is 11.4. The number of amides is 1. The zero-order valence-corrected chi connectivity index (χ0v) is 9.47. The van der Waals surface area contributed by atoms with Crippen LogP contribution < -0.4 is 10.1 Å². The van der Waals surface area contributed by atoms with Gasteiger partial charge < -0.3 is 10.1 Å². The molecular weight excluding hydrogens is 222 g/mol. The van der Waals surface area contributed by atoms with E-state index in [1.54, 1.807) is 11.8 Å². The van der Waals surface area contributed by atoms with Crippen molar-refractivity contribution >= 4 is 23.7 Å². The summed E-state index contributed by atoms with van der Waals surface area (Å²) in [6.45, 7) is 0.768. The van der Waals surface area contributed by atoms with Crippen LogP contribution in [-0.4, -0.2) is 18.4 Å². The Bertz CT molecular complexity index is 482. The first-order valence-corrected chi connectivity index (χ1v) is 6.20. The van der Waals surface area contributed by atoms with Crippen molar-refractivity contribution in [3.05, 3.63) is 34.2 Å². The van der Waals surface area contributed by atoms with Crippen LogP contribution in [0.15, 0.2) is 23.1 Å². The lowest BCUT2D eigenvalue weighted by Crippen LogP contribution is -2.13. The van der Waals surface area contributed by atoms with Gasteiger partial charge in [0.15, 0.2) is 0 Å². The second-order valence-corrected chi connectivity index (χ2v) is 4.79. The lowest BCUT2D eigenvalue weighted by Gasteiger charge is -2.00. The molecule has 4 heteroatoms. The molecule has 1 fully saturated rings. The maximum Gasteiger partial charge on any atom is 0.258 e. The standard InChI is InChI=1S/C12H11NO2S/c14-12-11(16-7-13-12)6-8-1-2-10-9(5-8)3-4-15-10/h1-2,5-6H,3-4,7H2,(H,13,14). The van der Waals surface area contributed by atoms with Gasteiger partial charge in [-0.15, -0.1) is 0 Å². The van der Waals surface area contributed by atoms with Crippen LogP contribution in [0.1, 0.15) is 11.1 Å². The Kier molecular flexibility index (Phi) is 2.36. The van der Waals surface area contributed by atoms with Crippen molar-refractivity contribution in [2.45, 2.75) is 6.42 Å². The van der Waals surface area contributed by atoms with Crippen molar-refractivity contribution in [2.75, 3.05) is 12.5 Å². The lowest BCUT2D eigenvalue weighted by molar-refractivity contribution is -0.116. The number of carbonyl (C=O) groups excluding carboxylic acids is 1. The molecule has 2 aliphatic rings. The molecule has 2 aliphatic heterocycles. The summed E-state index contributed by atoms with van der Waals surface area (Å²) in [5.74, 6) is 1.69. The molecule has 1 amide bonds. The number of carbonyl (C=O) groups is 1. The number of fused-ring (bicyclic) bond motifs is 1. The zero-order chi connectivity index (χ0) is 11.0. The third-order valence-corrected chi connectivity index (χ3v) is 3.60. The number of hydrogen-bond donors (Lipinski definition) is 1. The van der Waals surface area contributed by atoms with Crippen LogP contribution in [0.3, 0.4) is 0 Å². The molecular formula is C12H11NO2S. The third-order valence-electron chi connectivity index (χ3n) is 2.70. The molecule has 3 rings (SSSR count). The fourth-order valence-corrected chi connectivity index (χ4v) is 2.67. The summed E-state index contributed by atoms with van der Waals surface area (Å²) in [6, 6.07) is 6.07. The van der Waals surface area contributed by atoms with Gasteiger partial charge in [0, 0.05) is 6.42 Å². The first kappa shape index (κ1) is 9.78. The summed E-state index contributed by atoms with van der Waals surface area (Å²) in [4.78, 5) is 12.2. The molecule has 82 valence electrons. The Morgan fingerprint density at radius 3 is 3.19 bits per heavy atom. The van der Waals surface area contributed by atoms with E-state index in [0.29, 0.717) is 5.88 Å². The minimum atomic E-state index is 0.0294. The highest BCUT2D eigenvalue weighted by Gasteiger charge is 2.17. The molecule has 0 radical (unpaired) electrons. The van der Waals surface area contributed by atoms with E-state index in [9.17, 15) is 4.79 Å². The normalized spacial score (nSPS) is 20.8. The van der Waals surface area contributed by atoms with Gasteiger partial charge in [-0.05, 0) is 29.3 Å². The fraction of sp³-hybridized carbons (Fsp3) is 0.250. The van der Waals surface area contributed by atoms with Crippen LogP contribution in [0.25, 0.3) is 6.08 Å². The van der Waals surface area contributed by atoms with E-state index in [1.165, 1.54) is 5.56 Å². The van der Waals surface area contributed by atoms with Gasteiger partial charge in [0.1, 0.15) is 5.75 Å². The molecule has 0 aliphatic carbocycles. The van der Waals surface area contributed by atoms with Gasteiger partial charge in [0.2, 0.25) is 0 Å². The molecule has 0 saturated carbocycles. The Hall–Kier alpha value is -1.42. The van der Waals surface area contributed by atoms with Gasteiger partial charge in [-0.2, -0.15) is 0 Å². The molecule has 2 heterocycles. The molecule has 3 nitrogen and oxygen atoms in total. The van der Waals surface area contributed by atoms with E-state index in [2.05, 4.69) is 11.4 Å². The summed E-state index contributed by atoms with van der Waals surface area (Å²) in [5.41, 5.74) is 2.31. The van der Waals surface area contributed by atoms with Crippen molar-refractivity contribution in [3.8, 4) is 5.75 Å². The molecule has 16 heavy (non-hydrogen) atoms. The largest absolute Gasteiger partial charge is 0.493 e.